The number of hydrogen-bond acceptors (Lipinski definition) is 9. The minimum absolute atomic E-state index is 0.0134. The van der Waals surface area contributed by atoms with E-state index in [1.807, 2.05) is 0 Å². The van der Waals surface area contributed by atoms with Gasteiger partial charge in [0.15, 0.2) is 11.5 Å². The number of rotatable bonds is 5. The first-order valence-corrected chi connectivity index (χ1v) is 12.5. The van der Waals surface area contributed by atoms with Crippen molar-refractivity contribution in [3.63, 3.8) is 0 Å². The summed E-state index contributed by atoms with van der Waals surface area (Å²) in [5.41, 5.74) is 1.91. The smallest absolute Gasteiger partial charge is 0.335 e. The lowest BCUT2D eigenvalue weighted by atomic mass is 9.53. The summed E-state index contributed by atoms with van der Waals surface area (Å²) in [6, 6.07) is 5.89. The number of aliphatic hydroxyl groups excluding tert-OH is 1. The van der Waals surface area contributed by atoms with Gasteiger partial charge >= 0.3 is 11.9 Å². The monoisotopic (exact) mass is 517 g/mol. The highest BCUT2D eigenvalue weighted by Crippen LogP contribution is 2.65. The number of carbonyl (C=O) groups is 3. The zero-order chi connectivity index (χ0) is 26.9. The number of carboxylic acids is 1. The lowest BCUT2D eigenvalue weighted by molar-refractivity contribution is -0.132. The number of aliphatic hydroxyl groups is 1. The number of Topliss-reactive ketones (excluding diaryl/α,β-unsaturated/α-hetero) is 1. The Hall–Kier alpha value is -3.89. The zero-order valence-corrected chi connectivity index (χ0v) is 21.2. The Morgan fingerprint density at radius 1 is 1.13 bits per heavy atom. The highest BCUT2D eigenvalue weighted by molar-refractivity contribution is 6.04. The molecular weight excluding hydrogens is 490 g/mol. The van der Waals surface area contributed by atoms with E-state index < -0.39 is 29.6 Å². The second kappa shape index (κ2) is 8.57. The van der Waals surface area contributed by atoms with Crippen molar-refractivity contribution < 1.29 is 34.1 Å². The third-order valence-corrected chi connectivity index (χ3v) is 8.38. The molecule has 38 heavy (non-hydrogen) atoms. The largest absolute Gasteiger partial charge is 0.482 e. The Kier molecular flexibility index (Phi) is 5.51. The number of piperidine rings is 1. The summed E-state index contributed by atoms with van der Waals surface area (Å²) in [6.45, 7) is 3.51. The van der Waals surface area contributed by atoms with Crippen LogP contribution >= 0.6 is 0 Å². The van der Waals surface area contributed by atoms with E-state index in [0.29, 0.717) is 29.8 Å². The van der Waals surface area contributed by atoms with E-state index in [1.165, 1.54) is 38.1 Å². The van der Waals surface area contributed by atoms with Gasteiger partial charge in [-0.1, -0.05) is 12.2 Å². The number of nitrogens with zero attached hydrogens (tertiary/aromatic N) is 3. The summed E-state index contributed by atoms with van der Waals surface area (Å²) < 4.78 is 12.1. The number of carboxylic acid groups (broad SMARTS) is 1. The molecule has 1 saturated heterocycles. The molecule has 0 radical (unpaired) electrons. The number of aromatic carboxylic acids is 1. The predicted octanol–water partition coefficient (Wildman–Crippen LogP) is 3.73. The number of esters is 1. The van der Waals surface area contributed by atoms with Crippen molar-refractivity contribution in [2.24, 2.45) is 16.1 Å². The van der Waals surface area contributed by atoms with Crippen LogP contribution in [0.4, 0.5) is 11.4 Å². The first-order valence-electron chi connectivity index (χ1n) is 12.5. The molecule has 2 heterocycles. The van der Waals surface area contributed by atoms with Crippen LogP contribution < -0.4 is 9.47 Å². The highest BCUT2D eigenvalue weighted by atomic mass is 16.6. The van der Waals surface area contributed by atoms with Crippen molar-refractivity contribution in [2.75, 3.05) is 13.6 Å². The molecular formula is C28H27N3O7. The van der Waals surface area contributed by atoms with Crippen LogP contribution in [-0.2, 0) is 16.6 Å². The molecule has 1 fully saturated rings. The van der Waals surface area contributed by atoms with Gasteiger partial charge in [0.1, 0.15) is 17.9 Å². The molecule has 2 aliphatic heterocycles. The Morgan fingerprint density at radius 3 is 2.53 bits per heavy atom. The average Bonchev–Trinajstić information content (AvgIpc) is 3.22. The van der Waals surface area contributed by atoms with E-state index in [-0.39, 0.29) is 34.7 Å². The van der Waals surface area contributed by atoms with Crippen LogP contribution in [0, 0.1) is 5.92 Å². The number of likely N-dealkylation sites (N-methyl/N-ethyl adjacent to an activating group) is 1. The molecule has 2 aromatic rings. The highest BCUT2D eigenvalue weighted by Gasteiger charge is 2.65. The fraction of sp³-hybridized carbons (Fsp3) is 0.393. The van der Waals surface area contributed by atoms with E-state index in [4.69, 9.17) is 14.6 Å². The van der Waals surface area contributed by atoms with Gasteiger partial charge in [-0.3, -0.25) is 9.59 Å². The van der Waals surface area contributed by atoms with Gasteiger partial charge in [0.25, 0.3) is 0 Å². The van der Waals surface area contributed by atoms with E-state index in [1.54, 1.807) is 6.08 Å². The van der Waals surface area contributed by atoms with Gasteiger partial charge in [-0.2, -0.15) is 5.11 Å². The van der Waals surface area contributed by atoms with Gasteiger partial charge in [-0.15, -0.1) is 5.11 Å². The standard InChI is InChI=1S/C28H27N3O7/c1-13(32)21-17-12-19-18-8-9-20(34)26-28(18,10-11-31(19)3)22(17)24(38-26)25(37-14(2)33)23(21)30-29-16-6-4-15(5-7-16)27(35)36/h4-9,18-20,26,34H,10-12H2,1-3H3,(H,35,36)/t18-,19+,20-,26-,28-/m0/s1. The summed E-state index contributed by atoms with van der Waals surface area (Å²) in [4.78, 5) is 39.0. The maximum atomic E-state index is 13.2. The molecule has 4 aliphatic rings. The summed E-state index contributed by atoms with van der Waals surface area (Å²) in [7, 11) is 2.06. The lowest BCUT2D eigenvalue weighted by Crippen LogP contribution is -2.64. The van der Waals surface area contributed by atoms with Crippen molar-refractivity contribution in [1.82, 2.24) is 4.90 Å². The Bertz CT molecular complexity index is 1450. The third kappa shape index (κ3) is 3.36. The van der Waals surface area contributed by atoms with Crippen LogP contribution in [0.15, 0.2) is 46.6 Å². The van der Waals surface area contributed by atoms with E-state index in [9.17, 15) is 19.5 Å². The molecule has 196 valence electrons. The molecule has 2 aromatic carbocycles. The summed E-state index contributed by atoms with van der Waals surface area (Å²) in [5, 5.41) is 28.8. The topological polar surface area (TPSA) is 138 Å². The van der Waals surface area contributed by atoms with Gasteiger partial charge in [-0.05, 0) is 63.2 Å². The number of azo groups is 1. The third-order valence-electron chi connectivity index (χ3n) is 8.38. The first kappa shape index (κ1) is 24.4. The number of ether oxygens (including phenoxy) is 2. The SMILES string of the molecule is CC(=O)Oc1c(N=Nc2ccc(C(=O)O)cc2)c(C(C)=O)c2c3c1O[C@H]1[C@@H](O)C=C[C@H]4[C@@H](C2)N(C)CC[C@@]341. The lowest BCUT2D eigenvalue weighted by Gasteiger charge is -2.56. The summed E-state index contributed by atoms with van der Waals surface area (Å²) in [5.74, 6) is -1.52. The molecule has 0 saturated carbocycles. The van der Waals surface area contributed by atoms with Crippen molar-refractivity contribution in [2.45, 2.75) is 50.4 Å². The quantitative estimate of drug-likeness (QED) is 0.201. The molecule has 10 nitrogen and oxygen atoms in total. The van der Waals surface area contributed by atoms with Crippen LogP contribution in [0.3, 0.4) is 0 Å². The number of carbonyl (C=O) groups excluding carboxylic acids is 2. The van der Waals surface area contributed by atoms with Crippen molar-refractivity contribution in [3.05, 3.63) is 58.7 Å². The number of likely N-dealkylation sites (tertiary alicyclic amines) is 1. The van der Waals surface area contributed by atoms with E-state index >= 15 is 0 Å². The first-order chi connectivity index (χ1) is 18.1. The number of hydrogen-bond donors (Lipinski definition) is 2. The molecule has 6 rings (SSSR count). The molecule has 0 amide bonds. The van der Waals surface area contributed by atoms with Gasteiger partial charge in [-0.25, -0.2) is 4.79 Å². The average molecular weight is 518 g/mol. The van der Waals surface area contributed by atoms with E-state index in [2.05, 4.69) is 28.3 Å². The molecule has 10 heteroatoms. The molecule has 0 unspecified atom stereocenters. The van der Waals surface area contributed by atoms with Gasteiger partial charge in [0.05, 0.1) is 16.8 Å². The van der Waals surface area contributed by atoms with Crippen molar-refractivity contribution >= 4 is 29.1 Å². The van der Waals surface area contributed by atoms with Gasteiger partial charge < -0.3 is 24.6 Å². The minimum atomic E-state index is -1.06. The Morgan fingerprint density at radius 2 is 1.87 bits per heavy atom. The summed E-state index contributed by atoms with van der Waals surface area (Å²) in [6.07, 6.45) is 3.66. The zero-order valence-electron chi connectivity index (χ0n) is 21.2. The maximum absolute atomic E-state index is 13.2. The predicted molar refractivity (Wildman–Crippen MR) is 135 cm³/mol. The van der Waals surface area contributed by atoms with Crippen LogP contribution in [0.2, 0.25) is 0 Å². The summed E-state index contributed by atoms with van der Waals surface area (Å²) >= 11 is 0. The molecule has 0 aromatic heterocycles. The van der Waals surface area contributed by atoms with Crippen LogP contribution in [0.5, 0.6) is 11.5 Å². The van der Waals surface area contributed by atoms with Gasteiger partial charge in [0.2, 0.25) is 5.75 Å². The fourth-order valence-electron chi connectivity index (χ4n) is 6.85. The van der Waals surface area contributed by atoms with Crippen molar-refractivity contribution in [1.29, 1.82) is 0 Å². The number of ketones is 1. The fourth-order valence-corrected chi connectivity index (χ4v) is 6.85. The molecule has 2 aliphatic carbocycles. The Labute approximate surface area is 218 Å². The second-order valence-corrected chi connectivity index (χ2v) is 10.4. The minimum Gasteiger partial charge on any atom is -0.482 e. The normalized spacial score (nSPS) is 28.6. The van der Waals surface area contributed by atoms with Crippen molar-refractivity contribution in [3.8, 4) is 11.5 Å². The molecule has 5 atom stereocenters. The molecule has 1 spiro atoms. The Balaban J connectivity index is 1.60. The van der Waals surface area contributed by atoms with Crippen LogP contribution in [0.1, 0.15) is 52.1 Å². The maximum Gasteiger partial charge on any atom is 0.335 e. The van der Waals surface area contributed by atoms with Gasteiger partial charge in [0, 0.05) is 29.9 Å². The van der Waals surface area contributed by atoms with Crippen LogP contribution in [0.25, 0.3) is 0 Å². The van der Waals surface area contributed by atoms with Crippen LogP contribution in [-0.4, -0.2) is 64.7 Å². The molecule has 2 N–H and O–H groups in total. The van der Waals surface area contributed by atoms with E-state index in [0.717, 1.165) is 17.7 Å². The second-order valence-electron chi connectivity index (χ2n) is 10.4. The number of benzene rings is 2. The molecule has 2 bridgehead atoms.